The topological polar surface area (TPSA) is 52.3 Å². The molecule has 0 bridgehead atoms. The van der Waals surface area contributed by atoms with Crippen molar-refractivity contribution in [3.05, 3.63) is 0 Å². The molecule has 0 saturated heterocycles. The van der Waals surface area contributed by atoms with Crippen molar-refractivity contribution in [1.82, 2.24) is 0 Å². The largest absolute Gasteiger partial charge is 0.465 e. The maximum absolute atomic E-state index is 12.7. The minimum absolute atomic E-state index is 0.00926. The fraction of sp³-hybridized carbons (Fsp3) is 0.923. The van der Waals surface area contributed by atoms with E-state index in [9.17, 15) is 18.0 Å². The predicted octanol–water partition coefficient (Wildman–Crippen LogP) is 3.13. The van der Waals surface area contributed by atoms with E-state index >= 15 is 0 Å². The zero-order valence-corrected chi connectivity index (χ0v) is 12.0. The van der Waals surface area contributed by atoms with Gasteiger partial charge in [-0.25, -0.2) is 0 Å². The van der Waals surface area contributed by atoms with E-state index in [4.69, 9.17) is 10.5 Å². The first-order chi connectivity index (χ1) is 8.59. The van der Waals surface area contributed by atoms with Gasteiger partial charge >= 0.3 is 12.1 Å². The maximum atomic E-state index is 12.7. The summed E-state index contributed by atoms with van der Waals surface area (Å²) in [7, 11) is 0. The zero-order chi connectivity index (χ0) is 15.2. The molecule has 0 radical (unpaired) electrons. The Morgan fingerprint density at radius 3 is 2.16 bits per heavy atom. The number of alkyl halides is 3. The van der Waals surface area contributed by atoms with Gasteiger partial charge in [0.15, 0.2) is 0 Å². The molecule has 2 N–H and O–H groups in total. The van der Waals surface area contributed by atoms with Gasteiger partial charge in [0.05, 0.1) is 12.5 Å². The number of hydrogen-bond donors (Lipinski definition) is 1. The quantitative estimate of drug-likeness (QED) is 0.730. The second kappa shape index (κ2) is 7.72. The minimum Gasteiger partial charge on any atom is -0.465 e. The van der Waals surface area contributed by atoms with E-state index < -0.39 is 24.1 Å². The number of esters is 1. The summed E-state index contributed by atoms with van der Waals surface area (Å²) >= 11 is 0. The molecule has 0 saturated carbocycles. The number of hydrogen-bond acceptors (Lipinski definition) is 3. The Bertz CT molecular complexity index is 280. The molecular formula is C13H24F3NO2. The normalized spacial score (nSPS) is 17.1. The lowest BCUT2D eigenvalue weighted by atomic mass is 9.88. The van der Waals surface area contributed by atoms with Crippen molar-refractivity contribution in [2.75, 3.05) is 6.61 Å². The highest BCUT2D eigenvalue weighted by Crippen LogP contribution is 2.29. The molecule has 3 nitrogen and oxygen atoms in total. The minimum atomic E-state index is -4.59. The third kappa shape index (κ3) is 6.80. The molecule has 0 amide bonds. The Morgan fingerprint density at radius 1 is 1.26 bits per heavy atom. The molecule has 0 aromatic rings. The second-order valence-corrected chi connectivity index (χ2v) is 5.45. The van der Waals surface area contributed by atoms with Crippen molar-refractivity contribution < 1.29 is 22.7 Å². The molecule has 0 aliphatic heterocycles. The third-order valence-electron chi connectivity index (χ3n) is 3.03. The Hall–Kier alpha value is -0.780. The number of carbonyl (C=O) groups excluding carboxylic acids is 1. The summed E-state index contributed by atoms with van der Waals surface area (Å²) in [6.07, 6.45) is -3.80. The summed E-state index contributed by atoms with van der Waals surface area (Å²) in [5.41, 5.74) is 5.18. The highest BCUT2D eigenvalue weighted by molar-refractivity contribution is 5.73. The van der Waals surface area contributed by atoms with Crippen LogP contribution in [0.3, 0.4) is 0 Å². The second-order valence-electron chi connectivity index (χ2n) is 5.45. The first kappa shape index (κ1) is 18.2. The van der Waals surface area contributed by atoms with Gasteiger partial charge in [-0.1, -0.05) is 34.1 Å². The molecule has 0 rings (SSSR count). The molecule has 0 aliphatic rings. The molecule has 3 atom stereocenters. The first-order valence-electron chi connectivity index (χ1n) is 6.58. The Labute approximate surface area is 112 Å². The van der Waals surface area contributed by atoms with Gasteiger partial charge < -0.3 is 10.5 Å². The summed E-state index contributed by atoms with van der Waals surface area (Å²) < 4.78 is 42.9. The molecular weight excluding hydrogens is 259 g/mol. The number of halogens is 3. The predicted molar refractivity (Wildman–Crippen MR) is 67.4 cm³/mol. The van der Waals surface area contributed by atoms with Gasteiger partial charge in [-0.3, -0.25) is 4.79 Å². The number of nitrogens with two attached hydrogens (primary N) is 1. The Kier molecular flexibility index (Phi) is 7.41. The molecule has 0 aromatic heterocycles. The highest BCUT2D eigenvalue weighted by atomic mass is 19.4. The van der Waals surface area contributed by atoms with Crippen molar-refractivity contribution in [1.29, 1.82) is 0 Å². The number of carbonyl (C=O) groups is 1. The van der Waals surface area contributed by atoms with E-state index in [1.165, 1.54) is 0 Å². The monoisotopic (exact) mass is 283 g/mol. The van der Waals surface area contributed by atoms with Crippen LogP contribution in [0.15, 0.2) is 0 Å². The number of rotatable bonds is 7. The summed E-state index contributed by atoms with van der Waals surface area (Å²) in [5.74, 6) is -2.10. The standard InChI is InChI=1S/C13H24F3NO2/c1-5-9(4)6-10(11(17)13(14,15)16)12(18)19-7-8(2)3/h8-11H,5-7,17H2,1-4H3/t9?,10-,11-/m0/s1. The van der Waals surface area contributed by atoms with E-state index in [1.807, 2.05) is 20.8 Å². The summed E-state index contributed by atoms with van der Waals surface area (Å²) in [5, 5.41) is 0. The molecule has 6 heteroatoms. The fourth-order valence-electron chi connectivity index (χ4n) is 1.57. The van der Waals surface area contributed by atoms with Crippen LogP contribution in [0.4, 0.5) is 13.2 Å². The van der Waals surface area contributed by atoms with Crippen molar-refractivity contribution in [3.63, 3.8) is 0 Å². The molecule has 0 fully saturated rings. The molecule has 1 unspecified atom stereocenters. The van der Waals surface area contributed by atoms with Gasteiger partial charge in [0.2, 0.25) is 0 Å². The van der Waals surface area contributed by atoms with Crippen molar-refractivity contribution in [3.8, 4) is 0 Å². The van der Waals surface area contributed by atoms with Gasteiger partial charge in [-0.05, 0) is 18.3 Å². The summed E-state index contributed by atoms with van der Waals surface area (Å²) in [6, 6.07) is -2.17. The van der Waals surface area contributed by atoms with Gasteiger partial charge in [-0.2, -0.15) is 13.2 Å². The van der Waals surface area contributed by atoms with Crippen molar-refractivity contribution in [2.24, 2.45) is 23.5 Å². The van der Waals surface area contributed by atoms with Crippen molar-refractivity contribution in [2.45, 2.75) is 52.8 Å². The van der Waals surface area contributed by atoms with Crippen LogP contribution in [-0.4, -0.2) is 24.8 Å². The van der Waals surface area contributed by atoms with Crippen molar-refractivity contribution >= 4 is 5.97 Å². The van der Waals surface area contributed by atoms with Crippen LogP contribution in [0, 0.1) is 17.8 Å². The lowest BCUT2D eigenvalue weighted by Crippen LogP contribution is -2.48. The Balaban J connectivity index is 4.80. The van der Waals surface area contributed by atoms with E-state index in [0.717, 1.165) is 0 Å². The van der Waals surface area contributed by atoms with Gasteiger partial charge in [0.1, 0.15) is 6.04 Å². The summed E-state index contributed by atoms with van der Waals surface area (Å²) in [6.45, 7) is 7.41. The fourth-order valence-corrected chi connectivity index (χ4v) is 1.57. The molecule has 0 aromatic carbocycles. The average molecular weight is 283 g/mol. The van der Waals surface area contributed by atoms with Gasteiger partial charge in [-0.15, -0.1) is 0 Å². The first-order valence-corrected chi connectivity index (χ1v) is 6.58. The molecule has 0 spiro atoms. The van der Waals surface area contributed by atoms with Crippen LogP contribution < -0.4 is 5.73 Å². The molecule has 114 valence electrons. The van der Waals surface area contributed by atoms with E-state index in [1.54, 1.807) is 6.92 Å². The molecule has 0 heterocycles. The van der Waals surface area contributed by atoms with Crippen LogP contribution in [-0.2, 0) is 9.53 Å². The highest BCUT2D eigenvalue weighted by Gasteiger charge is 2.45. The van der Waals surface area contributed by atoms with Gasteiger partial charge in [0, 0.05) is 0 Å². The zero-order valence-electron chi connectivity index (χ0n) is 12.0. The molecule has 19 heavy (non-hydrogen) atoms. The van der Waals surface area contributed by atoms with Crippen LogP contribution >= 0.6 is 0 Å². The molecule has 0 aliphatic carbocycles. The van der Waals surface area contributed by atoms with Gasteiger partial charge in [0.25, 0.3) is 0 Å². The van der Waals surface area contributed by atoms with E-state index in [0.29, 0.717) is 6.42 Å². The van der Waals surface area contributed by atoms with E-state index in [2.05, 4.69) is 0 Å². The SMILES string of the molecule is CCC(C)C[C@H](C(=O)OCC(C)C)[C@H](N)C(F)(F)F. The van der Waals surface area contributed by atoms with Crippen LogP contribution in [0.1, 0.15) is 40.5 Å². The number of ether oxygens (including phenoxy) is 1. The van der Waals surface area contributed by atoms with Crippen LogP contribution in [0.25, 0.3) is 0 Å². The smallest absolute Gasteiger partial charge is 0.404 e. The maximum Gasteiger partial charge on any atom is 0.404 e. The van der Waals surface area contributed by atoms with Crippen LogP contribution in [0.5, 0.6) is 0 Å². The average Bonchev–Trinajstić information content (AvgIpc) is 2.30. The lowest BCUT2D eigenvalue weighted by Gasteiger charge is -2.26. The van der Waals surface area contributed by atoms with E-state index in [-0.39, 0.29) is 24.9 Å². The third-order valence-corrected chi connectivity index (χ3v) is 3.03. The lowest BCUT2D eigenvalue weighted by molar-refractivity contribution is -0.178. The van der Waals surface area contributed by atoms with Crippen LogP contribution in [0.2, 0.25) is 0 Å². The Morgan fingerprint density at radius 2 is 1.79 bits per heavy atom. The summed E-state index contributed by atoms with van der Waals surface area (Å²) in [4.78, 5) is 11.8.